The average molecular weight is 362 g/mol. The van der Waals surface area contributed by atoms with Crippen LogP contribution in [0.4, 0.5) is 0 Å². The number of hydrogen-bond donors (Lipinski definition) is 0. The van der Waals surface area contributed by atoms with Crippen LogP contribution >= 0.6 is 0 Å². The van der Waals surface area contributed by atoms with Gasteiger partial charge in [-0.2, -0.15) is 0 Å². The lowest BCUT2D eigenvalue weighted by atomic mass is 9.88. The van der Waals surface area contributed by atoms with Gasteiger partial charge in [-0.15, -0.1) is 0 Å². The lowest BCUT2D eigenvalue weighted by Gasteiger charge is -2.46. The summed E-state index contributed by atoms with van der Waals surface area (Å²) >= 11 is 0. The molecule has 1 aromatic rings. The number of nitrogens with zero attached hydrogens (tertiary/aromatic N) is 4. The van der Waals surface area contributed by atoms with Crippen molar-refractivity contribution >= 4 is 11.8 Å². The SMILES string of the molecule is CCC(=O)N1CCC2(CC1)O[C@H](C(=O)N1CCOCC1)Cn1ccnc12. The third kappa shape index (κ3) is 3.01. The van der Waals surface area contributed by atoms with Gasteiger partial charge in [0.1, 0.15) is 11.4 Å². The molecule has 1 spiro atoms. The number of morpholine rings is 1. The van der Waals surface area contributed by atoms with Crippen molar-refractivity contribution in [3.8, 4) is 0 Å². The number of carbonyl (C=O) groups excluding carboxylic acids is 2. The molecule has 4 rings (SSSR count). The van der Waals surface area contributed by atoms with E-state index < -0.39 is 11.7 Å². The maximum atomic E-state index is 13.0. The van der Waals surface area contributed by atoms with Crippen molar-refractivity contribution in [2.24, 2.45) is 0 Å². The molecule has 0 saturated carbocycles. The van der Waals surface area contributed by atoms with E-state index in [1.165, 1.54) is 0 Å². The van der Waals surface area contributed by atoms with Crippen molar-refractivity contribution in [2.75, 3.05) is 39.4 Å². The smallest absolute Gasteiger partial charge is 0.253 e. The monoisotopic (exact) mass is 362 g/mol. The first-order valence-corrected chi connectivity index (χ1v) is 9.47. The second-order valence-corrected chi connectivity index (χ2v) is 7.18. The first-order chi connectivity index (χ1) is 12.6. The largest absolute Gasteiger partial charge is 0.378 e. The number of piperidine rings is 1. The van der Waals surface area contributed by atoms with E-state index in [2.05, 4.69) is 4.98 Å². The number of likely N-dealkylation sites (tertiary alicyclic amines) is 1. The topological polar surface area (TPSA) is 76.9 Å². The number of imidazole rings is 1. The van der Waals surface area contributed by atoms with Gasteiger partial charge in [-0.05, 0) is 0 Å². The highest BCUT2D eigenvalue weighted by Crippen LogP contribution is 2.40. The molecule has 3 aliphatic heterocycles. The molecule has 0 radical (unpaired) electrons. The molecule has 2 saturated heterocycles. The second-order valence-electron chi connectivity index (χ2n) is 7.18. The molecule has 3 aliphatic rings. The summed E-state index contributed by atoms with van der Waals surface area (Å²) in [5.74, 6) is 1.08. The van der Waals surface area contributed by atoms with Gasteiger partial charge in [0.05, 0.1) is 19.8 Å². The molecule has 2 fully saturated rings. The van der Waals surface area contributed by atoms with E-state index in [9.17, 15) is 9.59 Å². The summed E-state index contributed by atoms with van der Waals surface area (Å²) in [6.07, 6.45) is 5.03. The van der Waals surface area contributed by atoms with E-state index in [-0.39, 0.29) is 11.8 Å². The maximum absolute atomic E-state index is 13.0. The molecule has 0 bridgehead atoms. The van der Waals surface area contributed by atoms with Crippen LogP contribution in [0, 0.1) is 0 Å². The first kappa shape index (κ1) is 17.5. The Kier molecular flexibility index (Phi) is 4.71. The van der Waals surface area contributed by atoms with Gasteiger partial charge in [-0.25, -0.2) is 4.98 Å². The molecular weight excluding hydrogens is 336 g/mol. The highest BCUT2D eigenvalue weighted by atomic mass is 16.5. The Bertz CT molecular complexity index is 674. The van der Waals surface area contributed by atoms with Crippen LogP contribution in [0.1, 0.15) is 32.0 Å². The van der Waals surface area contributed by atoms with Crippen molar-refractivity contribution in [3.05, 3.63) is 18.2 Å². The normalized spacial score (nSPS) is 25.2. The quantitative estimate of drug-likeness (QED) is 0.760. The Hall–Kier alpha value is -1.93. The fraction of sp³-hybridized carbons (Fsp3) is 0.722. The van der Waals surface area contributed by atoms with Gasteiger partial charge in [0.2, 0.25) is 5.91 Å². The summed E-state index contributed by atoms with van der Waals surface area (Å²) in [6.45, 7) is 6.03. The third-order valence-corrected chi connectivity index (χ3v) is 5.68. The zero-order valence-corrected chi connectivity index (χ0v) is 15.2. The Morgan fingerprint density at radius 2 is 1.92 bits per heavy atom. The van der Waals surface area contributed by atoms with E-state index in [4.69, 9.17) is 9.47 Å². The molecule has 1 atom stereocenters. The Balaban J connectivity index is 1.54. The van der Waals surface area contributed by atoms with Gasteiger partial charge in [0.15, 0.2) is 6.10 Å². The van der Waals surface area contributed by atoms with Crippen LogP contribution in [-0.2, 0) is 31.2 Å². The highest BCUT2D eigenvalue weighted by Gasteiger charge is 2.48. The zero-order valence-electron chi connectivity index (χ0n) is 15.2. The summed E-state index contributed by atoms with van der Waals surface area (Å²) in [5, 5.41) is 0. The van der Waals surface area contributed by atoms with Crippen LogP contribution in [-0.4, -0.2) is 76.7 Å². The number of carbonyl (C=O) groups is 2. The third-order valence-electron chi connectivity index (χ3n) is 5.68. The number of hydrogen-bond acceptors (Lipinski definition) is 5. The van der Waals surface area contributed by atoms with Crippen LogP contribution in [0.25, 0.3) is 0 Å². The fourth-order valence-electron chi connectivity index (χ4n) is 4.20. The summed E-state index contributed by atoms with van der Waals surface area (Å²) in [6, 6.07) is 0. The maximum Gasteiger partial charge on any atom is 0.253 e. The van der Waals surface area contributed by atoms with Crippen LogP contribution in [0.3, 0.4) is 0 Å². The molecule has 0 aliphatic carbocycles. The number of fused-ring (bicyclic) bond motifs is 2. The molecule has 142 valence electrons. The lowest BCUT2D eigenvalue weighted by Crippen LogP contribution is -2.56. The van der Waals surface area contributed by atoms with E-state index in [0.29, 0.717) is 65.2 Å². The molecule has 0 N–H and O–H groups in total. The fourth-order valence-corrected chi connectivity index (χ4v) is 4.20. The second kappa shape index (κ2) is 7.00. The molecule has 0 aromatic carbocycles. The summed E-state index contributed by atoms with van der Waals surface area (Å²) in [5.41, 5.74) is -0.584. The Morgan fingerprint density at radius 3 is 2.62 bits per heavy atom. The van der Waals surface area contributed by atoms with Gasteiger partial charge < -0.3 is 23.8 Å². The van der Waals surface area contributed by atoms with Gasteiger partial charge in [-0.1, -0.05) is 6.92 Å². The standard InChI is InChI=1S/C18H26N4O4/c1-2-15(23)20-6-3-18(4-7-20)17-19-5-8-22(17)13-14(26-18)16(24)21-9-11-25-12-10-21/h5,8,14H,2-4,6-7,9-13H2,1H3/t14-/m0/s1. The molecule has 1 aromatic heterocycles. The Labute approximate surface area is 153 Å². The molecule has 4 heterocycles. The van der Waals surface area contributed by atoms with Crippen molar-refractivity contribution < 1.29 is 19.1 Å². The summed E-state index contributed by atoms with van der Waals surface area (Å²) in [4.78, 5) is 33.2. The van der Waals surface area contributed by atoms with Crippen molar-refractivity contribution in [2.45, 2.75) is 44.4 Å². The van der Waals surface area contributed by atoms with Crippen LogP contribution in [0.5, 0.6) is 0 Å². The van der Waals surface area contributed by atoms with Crippen molar-refractivity contribution in [3.63, 3.8) is 0 Å². The predicted octanol–water partition coefficient (Wildman–Crippen LogP) is 0.368. The van der Waals surface area contributed by atoms with Gasteiger partial charge in [-0.3, -0.25) is 9.59 Å². The number of amides is 2. The van der Waals surface area contributed by atoms with Crippen LogP contribution in [0.15, 0.2) is 12.4 Å². The molecule has 2 amide bonds. The summed E-state index contributed by atoms with van der Waals surface area (Å²) < 4.78 is 13.8. The lowest BCUT2D eigenvalue weighted by molar-refractivity contribution is -0.184. The van der Waals surface area contributed by atoms with E-state index in [1.54, 1.807) is 6.20 Å². The number of aromatic nitrogens is 2. The zero-order chi connectivity index (χ0) is 18.1. The summed E-state index contributed by atoms with van der Waals surface area (Å²) in [7, 11) is 0. The Morgan fingerprint density at radius 1 is 1.19 bits per heavy atom. The minimum Gasteiger partial charge on any atom is -0.378 e. The van der Waals surface area contributed by atoms with Crippen molar-refractivity contribution in [1.82, 2.24) is 19.4 Å². The van der Waals surface area contributed by atoms with Gasteiger partial charge >= 0.3 is 0 Å². The van der Waals surface area contributed by atoms with Crippen molar-refractivity contribution in [1.29, 1.82) is 0 Å². The molecule has 8 heteroatoms. The molecule has 26 heavy (non-hydrogen) atoms. The highest BCUT2D eigenvalue weighted by molar-refractivity contribution is 5.81. The van der Waals surface area contributed by atoms with E-state index in [0.717, 1.165) is 5.82 Å². The first-order valence-electron chi connectivity index (χ1n) is 9.47. The molecular formula is C18H26N4O4. The number of ether oxygens (including phenoxy) is 2. The van der Waals surface area contributed by atoms with E-state index in [1.807, 2.05) is 27.5 Å². The van der Waals surface area contributed by atoms with E-state index >= 15 is 0 Å². The minimum atomic E-state index is -0.584. The van der Waals surface area contributed by atoms with Gasteiger partial charge in [0.25, 0.3) is 5.91 Å². The van der Waals surface area contributed by atoms with Crippen LogP contribution in [0.2, 0.25) is 0 Å². The molecule has 8 nitrogen and oxygen atoms in total. The minimum absolute atomic E-state index is 0.0269. The predicted molar refractivity (Wildman–Crippen MR) is 92.3 cm³/mol. The molecule has 0 unspecified atom stereocenters. The number of rotatable bonds is 2. The van der Waals surface area contributed by atoms with Gasteiger partial charge in [0, 0.05) is 57.8 Å². The van der Waals surface area contributed by atoms with Crippen LogP contribution < -0.4 is 0 Å². The average Bonchev–Trinajstić information content (AvgIpc) is 3.18.